The molecule has 0 saturated heterocycles. The highest BCUT2D eigenvalue weighted by atomic mass is 16.4. The number of amides is 1. The Bertz CT molecular complexity index is 631. The summed E-state index contributed by atoms with van der Waals surface area (Å²) in [6, 6.07) is 7.86. The first-order valence-electron chi connectivity index (χ1n) is 6.01. The lowest BCUT2D eigenvalue weighted by Gasteiger charge is -2.16. The fourth-order valence-electron chi connectivity index (χ4n) is 2.13. The molecule has 5 heteroatoms. The standard InChI is InChI=1S/C14H16N2O3/c1-9-11(8-16(2)13(17)7-14(18)19)10-5-3-4-6-12(10)15-9/h3-6,15H,7-8H2,1-2H3,(H,18,19). The van der Waals surface area contributed by atoms with Crippen molar-refractivity contribution in [3.8, 4) is 0 Å². The number of aliphatic carboxylic acids is 1. The number of hydrogen-bond donors (Lipinski definition) is 2. The Labute approximate surface area is 110 Å². The molecule has 100 valence electrons. The second-order valence-corrected chi connectivity index (χ2v) is 4.59. The van der Waals surface area contributed by atoms with Gasteiger partial charge in [-0.25, -0.2) is 0 Å². The van der Waals surface area contributed by atoms with Crippen LogP contribution in [-0.4, -0.2) is 33.9 Å². The fourth-order valence-corrected chi connectivity index (χ4v) is 2.13. The van der Waals surface area contributed by atoms with E-state index in [4.69, 9.17) is 5.11 Å². The van der Waals surface area contributed by atoms with Crippen LogP contribution in [0.1, 0.15) is 17.7 Å². The van der Waals surface area contributed by atoms with Crippen LogP contribution in [0.15, 0.2) is 24.3 Å². The molecule has 0 radical (unpaired) electrons. The van der Waals surface area contributed by atoms with Gasteiger partial charge in [0.15, 0.2) is 0 Å². The summed E-state index contributed by atoms with van der Waals surface area (Å²) in [5, 5.41) is 9.70. The average molecular weight is 260 g/mol. The molecule has 0 fully saturated rings. The number of aromatic amines is 1. The van der Waals surface area contributed by atoms with Gasteiger partial charge in [0.1, 0.15) is 6.42 Å². The van der Waals surface area contributed by atoms with Crippen molar-refractivity contribution < 1.29 is 14.7 Å². The van der Waals surface area contributed by atoms with E-state index in [2.05, 4.69) is 4.98 Å². The zero-order valence-electron chi connectivity index (χ0n) is 10.9. The maximum atomic E-state index is 11.7. The number of aryl methyl sites for hydroxylation is 1. The van der Waals surface area contributed by atoms with Gasteiger partial charge in [-0.2, -0.15) is 0 Å². The molecule has 2 rings (SSSR count). The van der Waals surface area contributed by atoms with Crippen LogP contribution in [0.4, 0.5) is 0 Å². The molecule has 0 spiro atoms. The zero-order valence-corrected chi connectivity index (χ0v) is 10.9. The first kappa shape index (κ1) is 13.1. The van der Waals surface area contributed by atoms with Crippen LogP contribution in [0.2, 0.25) is 0 Å². The third-order valence-corrected chi connectivity index (χ3v) is 3.15. The number of carbonyl (C=O) groups excluding carboxylic acids is 1. The van der Waals surface area contributed by atoms with Crippen molar-refractivity contribution in [3.63, 3.8) is 0 Å². The molecule has 1 aromatic carbocycles. The molecule has 0 unspecified atom stereocenters. The monoisotopic (exact) mass is 260 g/mol. The second-order valence-electron chi connectivity index (χ2n) is 4.59. The van der Waals surface area contributed by atoms with Crippen molar-refractivity contribution in [2.24, 2.45) is 0 Å². The maximum absolute atomic E-state index is 11.7. The predicted molar refractivity (Wildman–Crippen MR) is 71.8 cm³/mol. The van der Waals surface area contributed by atoms with E-state index in [1.165, 1.54) is 4.90 Å². The summed E-state index contributed by atoms with van der Waals surface area (Å²) in [5.41, 5.74) is 3.04. The van der Waals surface area contributed by atoms with E-state index in [1.54, 1.807) is 7.05 Å². The molecule has 19 heavy (non-hydrogen) atoms. The highest BCUT2D eigenvalue weighted by Gasteiger charge is 2.16. The molecule has 1 heterocycles. The van der Waals surface area contributed by atoms with Gasteiger partial charge in [0.05, 0.1) is 0 Å². The predicted octanol–water partition coefficient (Wildman–Crippen LogP) is 1.91. The minimum atomic E-state index is -1.10. The molecular weight excluding hydrogens is 244 g/mol. The molecule has 0 aliphatic carbocycles. The normalized spacial score (nSPS) is 10.6. The molecule has 5 nitrogen and oxygen atoms in total. The van der Waals surface area contributed by atoms with Gasteiger partial charge in [0, 0.05) is 30.2 Å². The number of fused-ring (bicyclic) bond motifs is 1. The molecular formula is C14H16N2O3. The summed E-state index contributed by atoms with van der Waals surface area (Å²) >= 11 is 0. The number of carboxylic acids is 1. The third kappa shape index (κ3) is 2.76. The van der Waals surface area contributed by atoms with Crippen LogP contribution in [0.3, 0.4) is 0 Å². The molecule has 0 aliphatic heterocycles. The number of rotatable bonds is 4. The van der Waals surface area contributed by atoms with Crippen LogP contribution in [0, 0.1) is 6.92 Å². The van der Waals surface area contributed by atoms with Gasteiger partial charge in [0.25, 0.3) is 0 Å². The average Bonchev–Trinajstić information content (AvgIpc) is 2.65. The second kappa shape index (κ2) is 5.14. The maximum Gasteiger partial charge on any atom is 0.312 e. The number of benzene rings is 1. The summed E-state index contributed by atoms with van der Waals surface area (Å²) in [6.07, 6.45) is -0.474. The van der Waals surface area contributed by atoms with Crippen molar-refractivity contribution in [2.45, 2.75) is 19.9 Å². The van der Waals surface area contributed by atoms with E-state index >= 15 is 0 Å². The zero-order chi connectivity index (χ0) is 14.0. The number of H-pyrrole nitrogens is 1. The lowest BCUT2D eigenvalue weighted by molar-refractivity contribution is -0.143. The molecule has 1 aromatic heterocycles. The lowest BCUT2D eigenvalue weighted by Crippen LogP contribution is -2.28. The van der Waals surface area contributed by atoms with E-state index in [1.807, 2.05) is 31.2 Å². The highest BCUT2D eigenvalue weighted by Crippen LogP contribution is 2.23. The molecule has 0 aliphatic rings. The Kier molecular flexibility index (Phi) is 3.55. The van der Waals surface area contributed by atoms with Gasteiger partial charge < -0.3 is 15.0 Å². The Hall–Kier alpha value is -2.30. The molecule has 1 amide bonds. The van der Waals surface area contributed by atoms with E-state index in [0.29, 0.717) is 6.54 Å². The number of para-hydroxylation sites is 1. The van der Waals surface area contributed by atoms with Gasteiger partial charge in [-0.05, 0) is 18.6 Å². The number of carboxylic acid groups (broad SMARTS) is 1. The fraction of sp³-hybridized carbons (Fsp3) is 0.286. The van der Waals surface area contributed by atoms with Gasteiger partial charge in [-0.15, -0.1) is 0 Å². The van der Waals surface area contributed by atoms with Crippen molar-refractivity contribution in [1.82, 2.24) is 9.88 Å². The van der Waals surface area contributed by atoms with Crippen LogP contribution in [0.5, 0.6) is 0 Å². The van der Waals surface area contributed by atoms with Crippen molar-refractivity contribution in [2.75, 3.05) is 7.05 Å². The van der Waals surface area contributed by atoms with Crippen molar-refractivity contribution in [3.05, 3.63) is 35.5 Å². The van der Waals surface area contributed by atoms with Gasteiger partial charge in [-0.1, -0.05) is 18.2 Å². The Morgan fingerprint density at radius 1 is 1.32 bits per heavy atom. The topological polar surface area (TPSA) is 73.4 Å². The molecule has 2 N–H and O–H groups in total. The minimum Gasteiger partial charge on any atom is -0.481 e. The van der Waals surface area contributed by atoms with Crippen LogP contribution in [0.25, 0.3) is 10.9 Å². The number of carbonyl (C=O) groups is 2. The Morgan fingerprint density at radius 3 is 2.68 bits per heavy atom. The lowest BCUT2D eigenvalue weighted by atomic mass is 10.1. The van der Waals surface area contributed by atoms with Crippen LogP contribution in [-0.2, 0) is 16.1 Å². The first-order valence-corrected chi connectivity index (χ1v) is 6.01. The Morgan fingerprint density at radius 2 is 2.00 bits per heavy atom. The van der Waals surface area contributed by atoms with E-state index in [9.17, 15) is 9.59 Å². The van der Waals surface area contributed by atoms with E-state index < -0.39 is 18.3 Å². The SMILES string of the molecule is Cc1[nH]c2ccccc2c1CN(C)C(=O)CC(=O)O. The van der Waals surface area contributed by atoms with Crippen molar-refractivity contribution >= 4 is 22.8 Å². The summed E-state index contributed by atoms with van der Waals surface area (Å²) in [5.74, 6) is -1.50. The summed E-state index contributed by atoms with van der Waals surface area (Å²) in [6.45, 7) is 2.35. The number of hydrogen-bond acceptors (Lipinski definition) is 2. The minimum absolute atomic E-state index is 0.391. The number of nitrogens with one attached hydrogen (secondary N) is 1. The molecule has 0 atom stereocenters. The molecule has 2 aromatic rings. The van der Waals surface area contributed by atoms with Gasteiger partial charge in [-0.3, -0.25) is 9.59 Å². The third-order valence-electron chi connectivity index (χ3n) is 3.15. The molecule has 0 saturated carbocycles. The van der Waals surface area contributed by atoms with Crippen LogP contribution >= 0.6 is 0 Å². The van der Waals surface area contributed by atoms with E-state index in [-0.39, 0.29) is 0 Å². The summed E-state index contributed by atoms with van der Waals surface area (Å²) in [7, 11) is 1.62. The Balaban J connectivity index is 2.23. The highest BCUT2D eigenvalue weighted by molar-refractivity contribution is 5.93. The van der Waals surface area contributed by atoms with Gasteiger partial charge >= 0.3 is 5.97 Å². The summed E-state index contributed by atoms with van der Waals surface area (Å²) < 4.78 is 0. The largest absolute Gasteiger partial charge is 0.481 e. The van der Waals surface area contributed by atoms with Crippen molar-refractivity contribution in [1.29, 1.82) is 0 Å². The molecule has 0 bridgehead atoms. The number of aromatic nitrogens is 1. The van der Waals surface area contributed by atoms with E-state index in [0.717, 1.165) is 22.2 Å². The summed E-state index contributed by atoms with van der Waals surface area (Å²) in [4.78, 5) is 26.9. The van der Waals surface area contributed by atoms with Gasteiger partial charge in [0.2, 0.25) is 5.91 Å². The number of nitrogens with zero attached hydrogens (tertiary/aromatic N) is 1. The quantitative estimate of drug-likeness (QED) is 0.825. The first-order chi connectivity index (χ1) is 8.99. The smallest absolute Gasteiger partial charge is 0.312 e. The van der Waals surface area contributed by atoms with Crippen LogP contribution < -0.4 is 0 Å².